The fraction of sp³-hybridized carbons (Fsp3) is 0.421. The van der Waals surface area contributed by atoms with Gasteiger partial charge in [0, 0.05) is 30.3 Å². The predicted molar refractivity (Wildman–Crippen MR) is 96.7 cm³/mol. The molecular formula is C19H22N6O. The van der Waals surface area contributed by atoms with Crippen LogP contribution in [0.4, 0.5) is 0 Å². The Bertz CT molecular complexity index is 936. The van der Waals surface area contributed by atoms with Gasteiger partial charge in [-0.25, -0.2) is 9.50 Å². The minimum atomic E-state index is -0.128. The van der Waals surface area contributed by atoms with Crippen LogP contribution in [0.3, 0.4) is 0 Å². The molecule has 0 radical (unpaired) electrons. The zero-order valence-electron chi connectivity index (χ0n) is 15.1. The summed E-state index contributed by atoms with van der Waals surface area (Å²) >= 11 is 0. The molecule has 0 spiro atoms. The summed E-state index contributed by atoms with van der Waals surface area (Å²) < 4.78 is 1.64. The van der Waals surface area contributed by atoms with Crippen LogP contribution in [0.5, 0.6) is 0 Å². The molecule has 1 aliphatic heterocycles. The number of likely N-dealkylation sites (tertiary alicyclic amines) is 1. The molecule has 3 aromatic rings. The molecule has 0 saturated carbocycles. The Morgan fingerprint density at radius 2 is 1.92 bits per heavy atom. The minimum Gasteiger partial charge on any atom is -0.329 e. The Morgan fingerprint density at radius 3 is 2.73 bits per heavy atom. The lowest BCUT2D eigenvalue weighted by atomic mass is 10.0. The van der Waals surface area contributed by atoms with Crippen molar-refractivity contribution in [3.63, 3.8) is 0 Å². The van der Waals surface area contributed by atoms with Crippen molar-refractivity contribution < 1.29 is 4.79 Å². The zero-order valence-corrected chi connectivity index (χ0v) is 15.1. The standard InChI is InChI=1S/C19H22N6O/c1-13-12-14(2)25-19(21-13)22-17(23-25)18(26)24-11-5-3-4-6-16(24)15-7-9-20-10-8-15/h7-10,12,16H,3-6,11H2,1-2H3. The van der Waals surface area contributed by atoms with Gasteiger partial charge < -0.3 is 4.90 Å². The van der Waals surface area contributed by atoms with Gasteiger partial charge in [-0.15, -0.1) is 5.10 Å². The van der Waals surface area contributed by atoms with Crippen LogP contribution in [0.1, 0.15) is 59.3 Å². The monoisotopic (exact) mass is 350 g/mol. The molecule has 0 bridgehead atoms. The maximum atomic E-state index is 13.2. The molecule has 7 heteroatoms. The van der Waals surface area contributed by atoms with E-state index in [1.54, 1.807) is 16.9 Å². The molecule has 1 amide bonds. The van der Waals surface area contributed by atoms with Gasteiger partial charge in [0.2, 0.25) is 5.82 Å². The van der Waals surface area contributed by atoms with Crippen molar-refractivity contribution in [3.8, 4) is 0 Å². The zero-order chi connectivity index (χ0) is 18.1. The highest BCUT2D eigenvalue weighted by atomic mass is 16.2. The van der Waals surface area contributed by atoms with E-state index in [0.717, 1.165) is 42.6 Å². The summed E-state index contributed by atoms with van der Waals surface area (Å²) in [7, 11) is 0. The number of aryl methyl sites for hydroxylation is 2. The minimum absolute atomic E-state index is 0.0374. The van der Waals surface area contributed by atoms with Crippen LogP contribution in [0.25, 0.3) is 5.78 Å². The van der Waals surface area contributed by atoms with Gasteiger partial charge in [0.25, 0.3) is 11.7 Å². The molecule has 134 valence electrons. The summed E-state index contributed by atoms with van der Waals surface area (Å²) in [5.74, 6) is 0.560. The molecule has 4 heterocycles. The number of hydrogen-bond donors (Lipinski definition) is 0. The lowest BCUT2D eigenvalue weighted by molar-refractivity contribution is 0.0668. The number of pyridine rings is 1. The highest BCUT2D eigenvalue weighted by Gasteiger charge is 2.30. The summed E-state index contributed by atoms with van der Waals surface area (Å²) in [6, 6.07) is 5.95. The first-order valence-corrected chi connectivity index (χ1v) is 9.05. The molecule has 7 nitrogen and oxygen atoms in total. The second-order valence-electron chi connectivity index (χ2n) is 6.83. The van der Waals surface area contributed by atoms with Crippen LogP contribution in [0.2, 0.25) is 0 Å². The third kappa shape index (κ3) is 3.05. The van der Waals surface area contributed by atoms with Crippen molar-refractivity contribution in [3.05, 3.63) is 53.4 Å². The molecule has 1 fully saturated rings. The molecule has 3 aromatic heterocycles. The molecule has 1 aliphatic rings. The average Bonchev–Trinajstić information content (AvgIpc) is 2.92. The van der Waals surface area contributed by atoms with E-state index < -0.39 is 0 Å². The van der Waals surface area contributed by atoms with E-state index >= 15 is 0 Å². The smallest absolute Gasteiger partial charge is 0.294 e. The molecule has 0 aromatic carbocycles. The summed E-state index contributed by atoms with van der Waals surface area (Å²) in [4.78, 5) is 28.1. The first-order valence-electron chi connectivity index (χ1n) is 9.05. The molecule has 0 aliphatic carbocycles. The molecule has 1 unspecified atom stereocenters. The Balaban J connectivity index is 1.71. The lowest BCUT2D eigenvalue weighted by Gasteiger charge is -2.29. The van der Waals surface area contributed by atoms with Crippen molar-refractivity contribution in [1.29, 1.82) is 0 Å². The Kier molecular flexibility index (Phi) is 4.36. The van der Waals surface area contributed by atoms with Gasteiger partial charge in [-0.1, -0.05) is 12.8 Å². The first kappa shape index (κ1) is 16.6. The van der Waals surface area contributed by atoms with E-state index in [2.05, 4.69) is 20.1 Å². The third-order valence-electron chi connectivity index (χ3n) is 4.91. The van der Waals surface area contributed by atoms with E-state index in [1.807, 2.05) is 36.9 Å². The van der Waals surface area contributed by atoms with Crippen LogP contribution >= 0.6 is 0 Å². The first-order chi connectivity index (χ1) is 12.6. The summed E-state index contributed by atoms with van der Waals surface area (Å²) in [6.45, 7) is 4.57. The molecule has 0 N–H and O–H groups in total. The second-order valence-corrected chi connectivity index (χ2v) is 6.83. The summed E-state index contributed by atoms with van der Waals surface area (Å²) in [5.41, 5.74) is 2.90. The number of fused-ring (bicyclic) bond motifs is 1. The van der Waals surface area contributed by atoms with Crippen LogP contribution < -0.4 is 0 Å². The highest BCUT2D eigenvalue weighted by molar-refractivity contribution is 5.91. The molecule has 1 atom stereocenters. The van der Waals surface area contributed by atoms with Gasteiger partial charge in [0.15, 0.2) is 0 Å². The van der Waals surface area contributed by atoms with Crippen molar-refractivity contribution in [2.75, 3.05) is 6.54 Å². The van der Waals surface area contributed by atoms with Crippen LogP contribution in [0.15, 0.2) is 30.6 Å². The van der Waals surface area contributed by atoms with Gasteiger partial charge in [-0.05, 0) is 50.5 Å². The maximum Gasteiger partial charge on any atom is 0.294 e. The summed E-state index contributed by atoms with van der Waals surface area (Å²) in [6.07, 6.45) is 7.74. The normalized spacial score (nSPS) is 18.1. The predicted octanol–water partition coefficient (Wildman–Crippen LogP) is 2.89. The van der Waals surface area contributed by atoms with Gasteiger partial charge in [-0.3, -0.25) is 9.78 Å². The highest BCUT2D eigenvalue weighted by Crippen LogP contribution is 2.30. The fourth-order valence-corrected chi connectivity index (χ4v) is 3.67. The van der Waals surface area contributed by atoms with Crippen molar-refractivity contribution >= 4 is 11.7 Å². The van der Waals surface area contributed by atoms with E-state index in [9.17, 15) is 4.79 Å². The molecule has 4 rings (SSSR count). The van der Waals surface area contributed by atoms with Crippen molar-refractivity contribution in [1.82, 2.24) is 29.5 Å². The number of nitrogens with zero attached hydrogens (tertiary/aromatic N) is 6. The van der Waals surface area contributed by atoms with Crippen LogP contribution in [0, 0.1) is 13.8 Å². The topological polar surface area (TPSA) is 76.3 Å². The fourth-order valence-electron chi connectivity index (χ4n) is 3.67. The van der Waals surface area contributed by atoms with Crippen molar-refractivity contribution in [2.24, 2.45) is 0 Å². The van der Waals surface area contributed by atoms with Gasteiger partial charge in [-0.2, -0.15) is 4.98 Å². The number of carbonyl (C=O) groups excluding carboxylic acids is 1. The van der Waals surface area contributed by atoms with Gasteiger partial charge in [0.1, 0.15) is 0 Å². The maximum absolute atomic E-state index is 13.2. The van der Waals surface area contributed by atoms with Crippen LogP contribution in [-0.4, -0.2) is 41.9 Å². The number of amides is 1. The van der Waals surface area contributed by atoms with E-state index in [-0.39, 0.29) is 17.8 Å². The van der Waals surface area contributed by atoms with Gasteiger partial charge in [0.05, 0.1) is 6.04 Å². The number of rotatable bonds is 2. The quantitative estimate of drug-likeness (QED) is 0.710. The molecule has 1 saturated heterocycles. The largest absolute Gasteiger partial charge is 0.329 e. The average molecular weight is 350 g/mol. The van der Waals surface area contributed by atoms with Crippen LogP contribution in [-0.2, 0) is 0 Å². The van der Waals surface area contributed by atoms with E-state index in [1.165, 1.54) is 0 Å². The Labute approximate surface area is 152 Å². The Morgan fingerprint density at radius 1 is 1.12 bits per heavy atom. The molecular weight excluding hydrogens is 328 g/mol. The van der Waals surface area contributed by atoms with E-state index in [0.29, 0.717) is 12.3 Å². The lowest BCUT2D eigenvalue weighted by Crippen LogP contribution is -2.35. The third-order valence-corrected chi connectivity index (χ3v) is 4.91. The van der Waals surface area contributed by atoms with Crippen molar-refractivity contribution in [2.45, 2.75) is 45.6 Å². The second kappa shape index (κ2) is 6.82. The number of carbonyl (C=O) groups is 1. The SMILES string of the molecule is Cc1cc(C)n2nc(C(=O)N3CCCCCC3c3ccncc3)nc2n1. The molecule has 26 heavy (non-hydrogen) atoms. The number of hydrogen-bond acceptors (Lipinski definition) is 5. The Hall–Kier alpha value is -2.83. The number of aromatic nitrogens is 5. The van der Waals surface area contributed by atoms with E-state index in [4.69, 9.17) is 0 Å². The van der Waals surface area contributed by atoms with Gasteiger partial charge >= 0.3 is 0 Å². The summed E-state index contributed by atoms with van der Waals surface area (Å²) in [5, 5.41) is 4.43.